The smallest absolute Gasteiger partial charge is 0.326 e. The Morgan fingerprint density at radius 1 is 1.64 bits per heavy atom. The molecule has 2 aliphatic heterocycles. The van der Waals surface area contributed by atoms with Crippen molar-refractivity contribution in [2.45, 2.75) is 30.5 Å². The lowest BCUT2D eigenvalue weighted by molar-refractivity contribution is -0.157. The first-order valence-electron chi connectivity index (χ1n) is 7.93. The fourth-order valence-corrected chi connectivity index (χ4v) is 4.31. The Labute approximate surface area is 152 Å². The molecule has 7 nitrogen and oxygen atoms in total. The van der Waals surface area contributed by atoms with E-state index in [0.29, 0.717) is 37.1 Å². The number of halogens is 2. The van der Waals surface area contributed by atoms with Gasteiger partial charge in [-0.15, -0.1) is 0 Å². The van der Waals surface area contributed by atoms with Crippen molar-refractivity contribution in [3.8, 4) is 0 Å². The van der Waals surface area contributed by atoms with E-state index in [4.69, 9.17) is 15.0 Å². The van der Waals surface area contributed by atoms with Gasteiger partial charge >= 0.3 is 5.97 Å². The summed E-state index contributed by atoms with van der Waals surface area (Å²) in [6, 6.07) is 4.12. The minimum Gasteiger partial charge on any atom is -0.468 e. The van der Waals surface area contributed by atoms with Crippen molar-refractivity contribution in [1.82, 2.24) is 4.90 Å². The second-order valence-corrected chi connectivity index (χ2v) is 7.11. The Kier molecular flexibility index (Phi) is 5.29. The molecule has 1 aromatic carbocycles. The van der Waals surface area contributed by atoms with Crippen molar-refractivity contribution in [3.05, 3.63) is 44.5 Å². The van der Waals surface area contributed by atoms with E-state index in [2.05, 4.69) is 26.0 Å². The van der Waals surface area contributed by atoms with E-state index in [-0.39, 0.29) is 23.9 Å². The summed E-state index contributed by atoms with van der Waals surface area (Å²) < 4.78 is 24.5. The molecule has 3 atom stereocenters. The molecule has 2 heterocycles. The molecular formula is C16H18BrFN4O3. The molecule has 2 saturated heterocycles. The molecule has 0 aliphatic carbocycles. The number of morpholine rings is 1. The molecule has 0 radical (unpaired) electrons. The number of nitrogens with zero attached hydrogens (tertiary/aromatic N) is 4. The maximum Gasteiger partial charge on any atom is 0.326 e. The Balaban J connectivity index is 2.01. The van der Waals surface area contributed by atoms with E-state index in [1.807, 2.05) is 4.90 Å². The third-order valence-corrected chi connectivity index (χ3v) is 5.56. The first-order valence-corrected chi connectivity index (χ1v) is 8.72. The van der Waals surface area contributed by atoms with Crippen LogP contribution in [0.15, 0.2) is 27.8 Å². The van der Waals surface area contributed by atoms with Crippen LogP contribution in [0.5, 0.6) is 0 Å². The third-order valence-electron chi connectivity index (χ3n) is 4.95. The van der Waals surface area contributed by atoms with E-state index in [9.17, 15) is 9.18 Å². The summed E-state index contributed by atoms with van der Waals surface area (Å²) >= 11 is 3.18. The number of hydrogen-bond acceptors (Lipinski definition) is 5. The monoisotopic (exact) mass is 412 g/mol. The van der Waals surface area contributed by atoms with Crippen LogP contribution in [0.2, 0.25) is 0 Å². The van der Waals surface area contributed by atoms with E-state index >= 15 is 0 Å². The van der Waals surface area contributed by atoms with Crippen LogP contribution in [0, 0.1) is 5.82 Å². The summed E-state index contributed by atoms with van der Waals surface area (Å²) in [6.45, 7) is 1.43. The lowest BCUT2D eigenvalue weighted by atomic mass is 9.87. The van der Waals surface area contributed by atoms with Crippen molar-refractivity contribution >= 4 is 21.9 Å². The topological polar surface area (TPSA) is 87.5 Å². The van der Waals surface area contributed by atoms with Crippen molar-refractivity contribution < 1.29 is 18.7 Å². The highest BCUT2D eigenvalue weighted by atomic mass is 79.9. The Bertz CT molecular complexity index is 727. The summed E-state index contributed by atoms with van der Waals surface area (Å²) in [5.41, 5.74) is 8.71. The summed E-state index contributed by atoms with van der Waals surface area (Å²) in [7, 11) is 1.35. The lowest BCUT2D eigenvalue weighted by Gasteiger charge is -2.41. The average Bonchev–Trinajstić information content (AvgIpc) is 2.93. The third kappa shape index (κ3) is 3.25. The van der Waals surface area contributed by atoms with Crippen LogP contribution < -0.4 is 0 Å². The van der Waals surface area contributed by atoms with Gasteiger partial charge in [-0.1, -0.05) is 11.2 Å². The Hall–Kier alpha value is -1.67. The van der Waals surface area contributed by atoms with Crippen LogP contribution >= 0.6 is 15.9 Å². The van der Waals surface area contributed by atoms with E-state index in [1.54, 1.807) is 12.1 Å². The van der Waals surface area contributed by atoms with Crippen molar-refractivity contribution in [1.29, 1.82) is 0 Å². The SMILES string of the molecule is COC(=O)[C@]1(Cc2ccc(F)c(Br)c2)C[C@@H](N=[N+]=[N-])[C@@H]2COCCN21. The second-order valence-electron chi connectivity index (χ2n) is 6.26. The number of ether oxygens (including phenoxy) is 2. The molecule has 2 aliphatic rings. The summed E-state index contributed by atoms with van der Waals surface area (Å²) in [5, 5.41) is 3.88. The molecule has 25 heavy (non-hydrogen) atoms. The highest BCUT2D eigenvalue weighted by Gasteiger charge is 2.57. The van der Waals surface area contributed by atoms with Gasteiger partial charge in [0.1, 0.15) is 11.4 Å². The molecule has 0 unspecified atom stereocenters. The van der Waals surface area contributed by atoms with Gasteiger partial charge in [-0.3, -0.25) is 9.69 Å². The number of methoxy groups -OCH3 is 1. The van der Waals surface area contributed by atoms with Gasteiger partial charge in [-0.2, -0.15) is 0 Å². The maximum absolute atomic E-state index is 13.5. The zero-order chi connectivity index (χ0) is 18.0. The van der Waals surface area contributed by atoms with E-state index < -0.39 is 5.54 Å². The number of esters is 1. The molecule has 0 spiro atoms. The summed E-state index contributed by atoms with van der Waals surface area (Å²) in [5.74, 6) is -0.742. The highest BCUT2D eigenvalue weighted by Crippen LogP contribution is 2.41. The largest absolute Gasteiger partial charge is 0.468 e. The maximum atomic E-state index is 13.5. The zero-order valence-corrected chi connectivity index (χ0v) is 15.3. The number of azide groups is 1. The van der Waals surface area contributed by atoms with Gasteiger partial charge in [0.25, 0.3) is 0 Å². The van der Waals surface area contributed by atoms with Crippen LogP contribution in [0.1, 0.15) is 12.0 Å². The van der Waals surface area contributed by atoms with Crippen LogP contribution in [-0.4, -0.2) is 55.4 Å². The van der Waals surface area contributed by atoms with E-state index in [1.165, 1.54) is 13.2 Å². The summed E-state index contributed by atoms with van der Waals surface area (Å²) in [6.07, 6.45) is 0.680. The minimum atomic E-state index is -0.959. The summed E-state index contributed by atoms with van der Waals surface area (Å²) in [4.78, 5) is 17.7. The molecule has 1 aromatic rings. The van der Waals surface area contributed by atoms with Crippen LogP contribution in [0.4, 0.5) is 4.39 Å². The normalized spacial score (nSPS) is 28.9. The molecule has 0 N–H and O–H groups in total. The number of carbonyl (C=O) groups is 1. The van der Waals surface area contributed by atoms with Gasteiger partial charge in [0.2, 0.25) is 0 Å². The molecule has 134 valence electrons. The van der Waals surface area contributed by atoms with Gasteiger partial charge in [-0.05, 0) is 45.6 Å². The van der Waals surface area contributed by atoms with E-state index in [0.717, 1.165) is 5.56 Å². The Morgan fingerprint density at radius 2 is 2.44 bits per heavy atom. The molecular weight excluding hydrogens is 395 g/mol. The quantitative estimate of drug-likeness (QED) is 0.329. The number of rotatable bonds is 4. The fourth-order valence-electron chi connectivity index (χ4n) is 3.88. The first kappa shape index (κ1) is 18.1. The predicted octanol–water partition coefficient (Wildman–Crippen LogP) is 2.83. The van der Waals surface area contributed by atoms with Crippen LogP contribution in [-0.2, 0) is 20.7 Å². The van der Waals surface area contributed by atoms with Gasteiger partial charge in [0.15, 0.2) is 0 Å². The lowest BCUT2D eigenvalue weighted by Crippen LogP contribution is -2.58. The van der Waals surface area contributed by atoms with Crippen LogP contribution in [0.25, 0.3) is 10.4 Å². The van der Waals surface area contributed by atoms with Gasteiger partial charge in [0.05, 0.1) is 30.8 Å². The number of carbonyl (C=O) groups excluding carboxylic acids is 1. The molecule has 2 fully saturated rings. The molecule has 0 aromatic heterocycles. The number of fused-ring (bicyclic) bond motifs is 1. The van der Waals surface area contributed by atoms with Crippen molar-refractivity contribution in [3.63, 3.8) is 0 Å². The average molecular weight is 413 g/mol. The van der Waals surface area contributed by atoms with Crippen LogP contribution in [0.3, 0.4) is 0 Å². The number of benzene rings is 1. The van der Waals surface area contributed by atoms with Crippen molar-refractivity contribution in [2.24, 2.45) is 5.11 Å². The fraction of sp³-hybridized carbons (Fsp3) is 0.562. The molecule has 0 amide bonds. The van der Waals surface area contributed by atoms with Gasteiger partial charge < -0.3 is 9.47 Å². The minimum absolute atomic E-state index is 0.173. The number of hydrogen-bond donors (Lipinski definition) is 0. The Morgan fingerprint density at radius 3 is 3.12 bits per heavy atom. The molecule has 0 bridgehead atoms. The van der Waals surface area contributed by atoms with Gasteiger partial charge in [-0.25, -0.2) is 4.39 Å². The second kappa shape index (κ2) is 7.29. The zero-order valence-electron chi connectivity index (χ0n) is 13.7. The standard InChI is InChI=1S/C16H18BrFN4O3/c1-24-15(23)16(7-10-2-3-12(18)11(17)6-10)8-13(20-21-19)14-9-25-5-4-22(14)16/h2-3,6,13-14H,4-5,7-9H2,1H3/t13-,14+,16+/m1/s1. The molecule has 3 rings (SSSR count). The molecule has 0 saturated carbocycles. The first-order chi connectivity index (χ1) is 12.0. The highest BCUT2D eigenvalue weighted by molar-refractivity contribution is 9.10. The van der Waals surface area contributed by atoms with Crippen molar-refractivity contribution in [2.75, 3.05) is 26.9 Å². The van der Waals surface area contributed by atoms with Gasteiger partial charge in [0, 0.05) is 23.9 Å². The molecule has 9 heteroatoms. The predicted molar refractivity (Wildman–Crippen MR) is 91.4 cm³/mol.